The normalized spacial score (nSPS) is 22.7. The van der Waals surface area contributed by atoms with Crippen molar-refractivity contribution in [3.63, 3.8) is 0 Å². The van der Waals surface area contributed by atoms with Gasteiger partial charge in [0.2, 0.25) is 5.91 Å². The summed E-state index contributed by atoms with van der Waals surface area (Å²) >= 11 is 0. The number of nitrogens with one attached hydrogen (secondary N) is 2. The Morgan fingerprint density at radius 3 is 2.53 bits per heavy atom. The van der Waals surface area contributed by atoms with Gasteiger partial charge in [-0.05, 0) is 55.7 Å². The number of hydrogen-bond acceptors (Lipinski definition) is 5. The number of aromatic nitrogens is 2. The molecule has 9 heteroatoms. The molecule has 2 N–H and O–H groups in total. The summed E-state index contributed by atoms with van der Waals surface area (Å²) in [5.41, 5.74) is -0.387. The molecule has 0 spiro atoms. The van der Waals surface area contributed by atoms with Crippen LogP contribution in [-0.2, 0) is 11.0 Å². The van der Waals surface area contributed by atoms with E-state index >= 15 is 0 Å². The molecule has 1 saturated heterocycles. The van der Waals surface area contributed by atoms with Crippen molar-refractivity contribution in [2.24, 2.45) is 11.8 Å². The average molecular weight is 450 g/mol. The maximum absolute atomic E-state index is 13.0. The van der Waals surface area contributed by atoms with Gasteiger partial charge < -0.3 is 10.6 Å². The number of carbonyl (C=O) groups excluding carboxylic acids is 1. The van der Waals surface area contributed by atoms with Crippen molar-refractivity contribution >= 4 is 22.6 Å². The number of benzene rings is 1. The van der Waals surface area contributed by atoms with Gasteiger partial charge in [0, 0.05) is 24.5 Å². The summed E-state index contributed by atoms with van der Waals surface area (Å²) in [6, 6.07) is 4.04. The molecule has 6 nitrogen and oxygen atoms in total. The molecule has 1 aromatic carbocycles. The number of fused-ring (bicyclic) bond motifs is 1. The van der Waals surface area contributed by atoms with Crippen LogP contribution in [0.15, 0.2) is 24.5 Å². The number of likely N-dealkylation sites (tertiary alicyclic amines) is 1. The summed E-state index contributed by atoms with van der Waals surface area (Å²) in [4.78, 5) is 22.9. The quantitative estimate of drug-likeness (QED) is 0.696. The van der Waals surface area contributed by atoms with Crippen molar-refractivity contribution < 1.29 is 18.0 Å². The predicted molar refractivity (Wildman–Crippen MR) is 117 cm³/mol. The lowest BCUT2D eigenvalue weighted by Crippen LogP contribution is -2.63. The molecule has 1 aliphatic carbocycles. The van der Waals surface area contributed by atoms with E-state index < -0.39 is 11.7 Å². The Morgan fingerprint density at radius 1 is 1.16 bits per heavy atom. The predicted octanol–water partition coefficient (Wildman–Crippen LogP) is 4.08. The lowest BCUT2D eigenvalue weighted by Gasteiger charge is -2.47. The minimum absolute atomic E-state index is 0.0572. The van der Waals surface area contributed by atoms with E-state index in [0.717, 1.165) is 37.1 Å². The zero-order chi connectivity index (χ0) is 22.9. The Kier molecular flexibility index (Phi) is 6.55. The maximum Gasteiger partial charge on any atom is 0.416 e. The number of amides is 1. The molecule has 174 valence electrons. The third kappa shape index (κ3) is 5.14. The highest BCUT2D eigenvalue weighted by atomic mass is 19.4. The van der Waals surface area contributed by atoms with Crippen molar-refractivity contribution in [2.45, 2.75) is 57.8 Å². The van der Waals surface area contributed by atoms with Gasteiger partial charge in [-0.25, -0.2) is 9.97 Å². The second-order valence-corrected chi connectivity index (χ2v) is 9.34. The van der Waals surface area contributed by atoms with Gasteiger partial charge in [0.25, 0.3) is 0 Å². The molecule has 1 aromatic heterocycles. The highest BCUT2D eigenvalue weighted by Crippen LogP contribution is 2.34. The zero-order valence-corrected chi connectivity index (χ0v) is 18.5. The number of halogens is 3. The number of nitrogens with zero attached hydrogens (tertiary/aromatic N) is 3. The van der Waals surface area contributed by atoms with E-state index in [4.69, 9.17) is 0 Å². The minimum Gasteiger partial charge on any atom is -0.360 e. The van der Waals surface area contributed by atoms with Crippen LogP contribution in [0.1, 0.15) is 45.1 Å². The molecule has 2 aliphatic rings. The van der Waals surface area contributed by atoms with Crippen LogP contribution in [0.5, 0.6) is 0 Å². The molecule has 4 rings (SSSR count). The minimum atomic E-state index is -4.46. The summed E-state index contributed by atoms with van der Waals surface area (Å²) in [6.45, 7) is 6.25. The van der Waals surface area contributed by atoms with E-state index in [9.17, 15) is 18.0 Å². The second kappa shape index (κ2) is 9.21. The second-order valence-electron chi connectivity index (χ2n) is 9.34. The van der Waals surface area contributed by atoms with Crippen LogP contribution in [0.2, 0.25) is 0 Å². The van der Waals surface area contributed by atoms with Crippen molar-refractivity contribution in [3.8, 4) is 0 Å². The molecule has 1 saturated carbocycles. The molecular weight excluding hydrogens is 419 g/mol. The third-order valence-electron chi connectivity index (χ3n) is 6.85. The SMILES string of the molecule is CC(C)[C@H]1CC[C@H](N2CC(NC(=O)CNc3ncnc4ccc(C(F)(F)F)cc34)C2)CC1. The van der Waals surface area contributed by atoms with Gasteiger partial charge in [-0.3, -0.25) is 9.69 Å². The fourth-order valence-corrected chi connectivity index (χ4v) is 4.85. The number of anilines is 1. The lowest BCUT2D eigenvalue weighted by atomic mass is 9.78. The van der Waals surface area contributed by atoms with Crippen LogP contribution in [-0.4, -0.2) is 52.5 Å². The first-order valence-electron chi connectivity index (χ1n) is 11.3. The summed E-state index contributed by atoms with van der Waals surface area (Å²) < 4.78 is 39.1. The van der Waals surface area contributed by atoms with Gasteiger partial charge >= 0.3 is 6.18 Å². The third-order valence-corrected chi connectivity index (χ3v) is 6.85. The van der Waals surface area contributed by atoms with Crippen LogP contribution in [0.3, 0.4) is 0 Å². The van der Waals surface area contributed by atoms with Crippen molar-refractivity contribution in [1.29, 1.82) is 0 Å². The summed E-state index contributed by atoms with van der Waals surface area (Å²) in [5.74, 6) is 1.60. The van der Waals surface area contributed by atoms with E-state index in [1.165, 1.54) is 38.1 Å². The highest BCUT2D eigenvalue weighted by Gasteiger charge is 2.35. The molecule has 0 bridgehead atoms. The van der Waals surface area contributed by atoms with Gasteiger partial charge in [0.1, 0.15) is 12.1 Å². The Hall–Kier alpha value is -2.42. The Bertz CT molecular complexity index is 950. The Labute approximate surface area is 186 Å². The monoisotopic (exact) mass is 449 g/mol. The van der Waals surface area contributed by atoms with E-state index in [2.05, 4.69) is 39.3 Å². The van der Waals surface area contributed by atoms with Gasteiger partial charge in [-0.2, -0.15) is 13.2 Å². The first-order valence-corrected chi connectivity index (χ1v) is 11.3. The average Bonchev–Trinajstić information content (AvgIpc) is 2.73. The first-order chi connectivity index (χ1) is 15.2. The number of rotatable bonds is 6. The van der Waals surface area contributed by atoms with Crippen LogP contribution >= 0.6 is 0 Å². The van der Waals surface area contributed by atoms with Crippen molar-refractivity contribution in [1.82, 2.24) is 20.2 Å². The smallest absolute Gasteiger partial charge is 0.360 e. The number of carbonyl (C=O) groups is 1. The van der Waals surface area contributed by atoms with Gasteiger partial charge in [0.15, 0.2) is 0 Å². The zero-order valence-electron chi connectivity index (χ0n) is 18.5. The summed E-state index contributed by atoms with van der Waals surface area (Å²) in [5, 5.41) is 6.10. The molecule has 0 atom stereocenters. The molecule has 0 radical (unpaired) electrons. The van der Waals surface area contributed by atoms with Crippen LogP contribution in [0.25, 0.3) is 10.9 Å². The summed E-state index contributed by atoms with van der Waals surface area (Å²) in [6.07, 6.45) is 1.83. The van der Waals surface area contributed by atoms with E-state index in [1.54, 1.807) is 0 Å². The Morgan fingerprint density at radius 2 is 1.88 bits per heavy atom. The van der Waals surface area contributed by atoms with Crippen molar-refractivity contribution in [2.75, 3.05) is 25.0 Å². The molecule has 0 unspecified atom stereocenters. The topological polar surface area (TPSA) is 70.2 Å². The van der Waals surface area contributed by atoms with Gasteiger partial charge in [-0.1, -0.05) is 13.8 Å². The fourth-order valence-electron chi connectivity index (χ4n) is 4.85. The van der Waals surface area contributed by atoms with E-state index in [1.807, 2.05) is 0 Å². The highest BCUT2D eigenvalue weighted by molar-refractivity contribution is 5.91. The van der Waals surface area contributed by atoms with Crippen LogP contribution < -0.4 is 10.6 Å². The molecule has 1 amide bonds. The molecule has 1 aliphatic heterocycles. The molecule has 2 fully saturated rings. The summed E-state index contributed by atoms with van der Waals surface area (Å²) in [7, 11) is 0. The first kappa shape index (κ1) is 22.8. The number of hydrogen-bond donors (Lipinski definition) is 2. The Balaban J connectivity index is 1.26. The molecular formula is C23H30F3N5O. The van der Waals surface area contributed by atoms with Gasteiger partial charge in [0.05, 0.1) is 23.7 Å². The maximum atomic E-state index is 13.0. The van der Waals surface area contributed by atoms with Gasteiger partial charge in [-0.15, -0.1) is 0 Å². The van der Waals surface area contributed by atoms with Crippen LogP contribution in [0, 0.1) is 11.8 Å². The number of alkyl halides is 3. The fraction of sp³-hybridized carbons (Fsp3) is 0.609. The standard InChI is InChI=1S/C23H30F3N5O/c1-14(2)15-3-6-18(7-4-15)31-11-17(12-31)30-21(32)10-27-22-19-9-16(23(24,25)26)5-8-20(19)28-13-29-22/h5,8-9,13-15,17-18H,3-4,6-7,10-12H2,1-2H3,(H,30,32)(H,27,28,29)/t15-,18-. The molecule has 32 heavy (non-hydrogen) atoms. The molecule has 2 aromatic rings. The van der Waals surface area contributed by atoms with E-state index in [0.29, 0.717) is 11.6 Å². The van der Waals surface area contributed by atoms with Crippen LogP contribution in [0.4, 0.5) is 19.0 Å². The largest absolute Gasteiger partial charge is 0.416 e. The van der Waals surface area contributed by atoms with Crippen molar-refractivity contribution in [3.05, 3.63) is 30.1 Å². The lowest BCUT2D eigenvalue weighted by molar-refractivity contribution is -0.137. The van der Waals surface area contributed by atoms with E-state index in [-0.39, 0.29) is 29.7 Å². The molecule has 2 heterocycles.